The number of rotatable bonds is 37. The number of nitrogens with one attached hydrogen (secondary N) is 5. The minimum Gasteiger partial charge on any atom is -0.369 e. The van der Waals surface area contributed by atoms with Gasteiger partial charge < -0.3 is 65.1 Å². The minimum atomic E-state index is -0.436. The molecule has 66 heavy (non-hydrogen) atoms. The van der Waals surface area contributed by atoms with Crippen LogP contribution in [0.15, 0.2) is 0 Å². The Labute approximate surface area is 391 Å². The normalized spacial score (nSPS) is 12.4. The molecule has 0 aliphatic rings. The Morgan fingerprint density at radius 2 is 0.727 bits per heavy atom. The van der Waals surface area contributed by atoms with E-state index in [1.807, 2.05) is 0 Å². The lowest BCUT2D eigenvalue weighted by molar-refractivity contribution is -0.139. The van der Waals surface area contributed by atoms with Crippen molar-refractivity contribution in [1.82, 2.24) is 36.4 Å². The van der Waals surface area contributed by atoms with Crippen LogP contribution in [0.5, 0.6) is 0 Å². The molecule has 0 aromatic rings. The van der Waals surface area contributed by atoms with E-state index in [2.05, 4.69) is 33.5 Å². The van der Waals surface area contributed by atoms with Crippen LogP contribution in [0, 0.1) is 23.7 Å². The van der Waals surface area contributed by atoms with Crippen molar-refractivity contribution in [2.24, 2.45) is 52.3 Å². The first kappa shape index (κ1) is 62.7. The molecule has 22 nitrogen and oxygen atoms in total. The monoisotopic (exact) mass is 941 g/mol. The van der Waals surface area contributed by atoms with Crippen molar-refractivity contribution < 1.29 is 47.9 Å². The highest BCUT2D eigenvalue weighted by Crippen LogP contribution is 2.09. The first-order valence-electron chi connectivity index (χ1n) is 23.3. The molecule has 4 atom stereocenters. The fraction of sp³-hybridized carbons (Fsp3) is 0.773. The van der Waals surface area contributed by atoms with Crippen molar-refractivity contribution in [1.29, 1.82) is 0 Å². The SMILES string of the molecule is CC(=O)NCCC(=O)N(CC(=O)NCCCCC(C)C(N)=O)CC(=O)NCCCCC(C)C(N)=O.CC(CN)CCCCNC(=O)CN(CC(=O)NCCCCC(C)C(N)=O)C(=O)CCN. The van der Waals surface area contributed by atoms with Crippen LogP contribution in [-0.2, 0) is 47.9 Å². The Kier molecular flexibility index (Phi) is 36.9. The Morgan fingerprint density at radius 1 is 0.424 bits per heavy atom. The zero-order valence-electron chi connectivity index (χ0n) is 40.4. The first-order chi connectivity index (χ1) is 31.1. The van der Waals surface area contributed by atoms with E-state index in [9.17, 15) is 47.9 Å². The molecule has 0 aliphatic carbocycles. The third-order valence-electron chi connectivity index (χ3n) is 10.6. The molecule has 0 aromatic carbocycles. The van der Waals surface area contributed by atoms with Crippen LogP contribution < -0.4 is 55.3 Å². The summed E-state index contributed by atoms with van der Waals surface area (Å²) in [6.45, 7) is 10.3. The van der Waals surface area contributed by atoms with Gasteiger partial charge in [-0.25, -0.2) is 0 Å². The van der Waals surface area contributed by atoms with Gasteiger partial charge in [0.2, 0.25) is 59.1 Å². The van der Waals surface area contributed by atoms with Gasteiger partial charge in [0, 0.05) is 76.8 Å². The Bertz CT molecular complexity index is 1460. The first-order valence-corrected chi connectivity index (χ1v) is 23.3. The number of carbonyl (C=O) groups is 10. The summed E-state index contributed by atoms with van der Waals surface area (Å²) in [5, 5.41) is 13.5. The van der Waals surface area contributed by atoms with Gasteiger partial charge in [-0.2, -0.15) is 0 Å². The Hall–Kier alpha value is -5.38. The van der Waals surface area contributed by atoms with Gasteiger partial charge in [-0.3, -0.25) is 47.9 Å². The molecule has 380 valence electrons. The summed E-state index contributed by atoms with van der Waals surface area (Å²) in [4.78, 5) is 120. The van der Waals surface area contributed by atoms with Crippen molar-refractivity contribution >= 4 is 59.1 Å². The quantitative estimate of drug-likeness (QED) is 0.0322. The summed E-state index contributed by atoms with van der Waals surface area (Å²) >= 11 is 0. The maximum absolute atomic E-state index is 12.6. The Balaban J connectivity index is 0. The van der Waals surface area contributed by atoms with Gasteiger partial charge in [0.25, 0.3) is 0 Å². The van der Waals surface area contributed by atoms with Crippen molar-refractivity contribution in [3.63, 3.8) is 0 Å². The van der Waals surface area contributed by atoms with E-state index in [1.54, 1.807) is 20.8 Å². The van der Waals surface area contributed by atoms with Gasteiger partial charge in [-0.15, -0.1) is 0 Å². The molecule has 0 saturated carbocycles. The third-order valence-corrected chi connectivity index (χ3v) is 10.6. The highest BCUT2D eigenvalue weighted by atomic mass is 16.2. The topological polar surface area (TPSA) is 367 Å². The van der Waals surface area contributed by atoms with Crippen LogP contribution in [0.2, 0.25) is 0 Å². The van der Waals surface area contributed by atoms with E-state index in [1.165, 1.54) is 11.8 Å². The fourth-order valence-corrected chi connectivity index (χ4v) is 5.97. The van der Waals surface area contributed by atoms with Crippen molar-refractivity contribution in [3.8, 4) is 0 Å². The van der Waals surface area contributed by atoms with Crippen molar-refractivity contribution in [2.45, 2.75) is 125 Å². The lowest BCUT2D eigenvalue weighted by Gasteiger charge is -2.22. The molecule has 0 aliphatic heterocycles. The zero-order valence-corrected chi connectivity index (χ0v) is 40.4. The lowest BCUT2D eigenvalue weighted by Crippen LogP contribution is -2.46. The number of nitrogens with two attached hydrogens (primary N) is 5. The van der Waals surface area contributed by atoms with E-state index >= 15 is 0 Å². The predicted octanol–water partition coefficient (Wildman–Crippen LogP) is -1.39. The number of hydrogen-bond donors (Lipinski definition) is 10. The summed E-state index contributed by atoms with van der Waals surface area (Å²) in [6, 6.07) is 0. The van der Waals surface area contributed by atoms with Crippen molar-refractivity contribution in [3.05, 3.63) is 0 Å². The second kappa shape index (κ2) is 38.8. The average molecular weight is 941 g/mol. The maximum Gasteiger partial charge on any atom is 0.239 e. The molecule has 0 bridgehead atoms. The van der Waals surface area contributed by atoms with E-state index in [4.69, 9.17) is 28.7 Å². The molecule has 0 rings (SSSR count). The molecule has 0 radical (unpaired) electrons. The summed E-state index contributed by atoms with van der Waals surface area (Å²) in [6.07, 6.45) is 8.93. The van der Waals surface area contributed by atoms with E-state index in [0.717, 1.165) is 30.6 Å². The Morgan fingerprint density at radius 3 is 1.00 bits per heavy atom. The van der Waals surface area contributed by atoms with Gasteiger partial charge in [0.05, 0.1) is 0 Å². The highest BCUT2D eigenvalue weighted by molar-refractivity contribution is 5.90. The summed E-state index contributed by atoms with van der Waals surface area (Å²) in [7, 11) is 0. The predicted molar refractivity (Wildman–Crippen MR) is 251 cm³/mol. The molecular formula is C44H84N12O10. The second-order valence-electron chi connectivity index (χ2n) is 16.9. The molecule has 4 unspecified atom stereocenters. The molecule has 0 fully saturated rings. The molecule has 22 heteroatoms. The fourth-order valence-electron chi connectivity index (χ4n) is 5.97. The van der Waals surface area contributed by atoms with E-state index in [-0.39, 0.29) is 111 Å². The van der Waals surface area contributed by atoms with Gasteiger partial charge >= 0.3 is 0 Å². The molecular weight excluding hydrogens is 857 g/mol. The minimum absolute atomic E-state index is 0.0455. The van der Waals surface area contributed by atoms with Crippen LogP contribution in [0.3, 0.4) is 0 Å². The number of hydrogen-bond acceptors (Lipinski definition) is 12. The van der Waals surface area contributed by atoms with Crippen LogP contribution >= 0.6 is 0 Å². The number of amides is 10. The molecule has 0 heterocycles. The number of nitrogens with zero attached hydrogens (tertiary/aromatic N) is 2. The summed E-state index contributed by atoms with van der Waals surface area (Å²) in [5.41, 5.74) is 26.7. The zero-order chi connectivity index (χ0) is 50.5. The largest absolute Gasteiger partial charge is 0.369 e. The standard InChI is InChI=1S/C23H42N6O6.C21H42N6O4/c1-16(22(24)34)8-4-6-11-27-19(31)14-29(21(33)10-13-26-18(3)30)15-20(32)28-12-7-5-9-17(2)23(25)35;1-16(13-23)7-3-5-11-25-18(28)14-27(20(30)9-10-22)15-19(29)26-12-6-4-8-17(2)21(24)31/h16-17H,4-15H2,1-3H3,(H2,24,34)(H2,25,35)(H,26,30)(H,27,31)(H,28,32);16-17H,3-15,22-23H2,1-2H3,(H2,24,31)(H,25,28)(H,26,29). The molecule has 0 saturated heterocycles. The van der Waals surface area contributed by atoms with E-state index in [0.29, 0.717) is 90.0 Å². The smallest absolute Gasteiger partial charge is 0.239 e. The highest BCUT2D eigenvalue weighted by Gasteiger charge is 2.22. The van der Waals surface area contributed by atoms with E-state index < -0.39 is 17.7 Å². The molecule has 10 amide bonds. The number of unbranched alkanes of at least 4 members (excludes halogenated alkanes) is 4. The molecule has 0 spiro atoms. The molecule has 15 N–H and O–H groups in total. The van der Waals surface area contributed by atoms with Crippen LogP contribution in [0.1, 0.15) is 125 Å². The lowest BCUT2D eigenvalue weighted by atomic mass is 10.0. The van der Waals surface area contributed by atoms with Crippen LogP contribution in [-0.4, -0.2) is 141 Å². The van der Waals surface area contributed by atoms with Crippen LogP contribution in [0.25, 0.3) is 0 Å². The second-order valence-corrected chi connectivity index (χ2v) is 16.9. The van der Waals surface area contributed by atoms with Gasteiger partial charge in [-0.05, 0) is 63.8 Å². The summed E-state index contributed by atoms with van der Waals surface area (Å²) < 4.78 is 0. The van der Waals surface area contributed by atoms with Gasteiger partial charge in [0.1, 0.15) is 26.2 Å². The maximum atomic E-state index is 12.6. The molecule has 0 aromatic heterocycles. The van der Waals surface area contributed by atoms with Crippen molar-refractivity contribution in [2.75, 3.05) is 72.0 Å². The van der Waals surface area contributed by atoms with Gasteiger partial charge in [0.15, 0.2) is 0 Å². The summed E-state index contributed by atoms with van der Waals surface area (Å²) in [5.74, 6) is -3.74. The average Bonchev–Trinajstić information content (AvgIpc) is 3.24. The third kappa shape index (κ3) is 35.9. The number of primary amides is 3. The number of carbonyl (C=O) groups excluding carboxylic acids is 10. The van der Waals surface area contributed by atoms with Crippen LogP contribution in [0.4, 0.5) is 0 Å². The van der Waals surface area contributed by atoms with Gasteiger partial charge in [-0.1, -0.05) is 53.4 Å².